The highest BCUT2D eigenvalue weighted by atomic mass is 19.1. The highest BCUT2D eigenvalue weighted by Gasteiger charge is 2.03. The number of hydrogen-bond donors (Lipinski definition) is 0. The quantitative estimate of drug-likeness (QED) is 0.728. The van der Waals surface area contributed by atoms with Crippen molar-refractivity contribution in [2.45, 2.75) is 6.92 Å². The van der Waals surface area contributed by atoms with Crippen molar-refractivity contribution in [2.75, 3.05) is 0 Å². The highest BCUT2D eigenvalue weighted by molar-refractivity contribution is 5.60. The van der Waals surface area contributed by atoms with Crippen molar-refractivity contribution in [3.63, 3.8) is 0 Å². The summed E-state index contributed by atoms with van der Waals surface area (Å²) in [5, 5.41) is 8.78. The van der Waals surface area contributed by atoms with Gasteiger partial charge in [0.15, 0.2) is 0 Å². The first-order valence-electron chi connectivity index (χ1n) is 4.84. The zero-order valence-electron chi connectivity index (χ0n) is 8.74. The molecule has 0 fully saturated rings. The first kappa shape index (κ1) is 10.3. The van der Waals surface area contributed by atoms with Crippen molar-refractivity contribution in [1.29, 1.82) is 5.26 Å². The average Bonchev–Trinajstić information content (AvgIpc) is 2.30. The molecule has 0 bridgehead atoms. The maximum absolute atomic E-state index is 12.7. The summed E-state index contributed by atoms with van der Waals surface area (Å²) in [4.78, 5) is 4.30. The summed E-state index contributed by atoms with van der Waals surface area (Å²) in [5.74, 6) is -0.269. The highest BCUT2D eigenvalue weighted by Crippen LogP contribution is 2.18. The Labute approximate surface area is 93.0 Å². The number of aryl methyl sites for hydroxylation is 1. The lowest BCUT2D eigenvalue weighted by Crippen LogP contribution is -1.90. The number of aromatic nitrogens is 1. The molecule has 2 aromatic rings. The minimum Gasteiger partial charge on any atom is -0.252 e. The fourth-order valence-corrected chi connectivity index (χ4v) is 1.46. The van der Waals surface area contributed by atoms with Gasteiger partial charge in [-0.15, -0.1) is 0 Å². The van der Waals surface area contributed by atoms with Crippen molar-refractivity contribution in [3.05, 3.63) is 53.5 Å². The zero-order chi connectivity index (χ0) is 11.5. The topological polar surface area (TPSA) is 36.7 Å². The van der Waals surface area contributed by atoms with Crippen LogP contribution >= 0.6 is 0 Å². The molecule has 0 aliphatic rings. The third kappa shape index (κ3) is 1.91. The predicted molar refractivity (Wildman–Crippen MR) is 59.1 cm³/mol. The maximum atomic E-state index is 12.7. The third-order valence-electron chi connectivity index (χ3n) is 2.35. The van der Waals surface area contributed by atoms with Crippen LogP contribution in [0.3, 0.4) is 0 Å². The average molecular weight is 212 g/mol. The molecule has 2 rings (SSSR count). The number of halogens is 1. The Hall–Kier alpha value is -2.21. The van der Waals surface area contributed by atoms with Gasteiger partial charge in [0.25, 0.3) is 0 Å². The van der Waals surface area contributed by atoms with E-state index in [4.69, 9.17) is 5.26 Å². The molecule has 1 heterocycles. The second-order valence-corrected chi connectivity index (χ2v) is 3.45. The summed E-state index contributed by atoms with van der Waals surface area (Å²) in [6, 6.07) is 11.7. The summed E-state index contributed by atoms with van der Waals surface area (Å²) in [6.07, 6.45) is 0. The van der Waals surface area contributed by atoms with Crippen LogP contribution in [0.25, 0.3) is 11.3 Å². The van der Waals surface area contributed by atoms with Crippen LogP contribution in [-0.4, -0.2) is 4.98 Å². The van der Waals surface area contributed by atoms with Crippen molar-refractivity contribution in [3.8, 4) is 17.3 Å². The maximum Gasteiger partial charge on any atom is 0.123 e. The van der Waals surface area contributed by atoms with Crippen LogP contribution in [0.4, 0.5) is 4.39 Å². The van der Waals surface area contributed by atoms with Gasteiger partial charge < -0.3 is 0 Å². The van der Waals surface area contributed by atoms with E-state index in [2.05, 4.69) is 11.1 Å². The number of pyridine rings is 1. The minimum absolute atomic E-state index is 0.269. The SMILES string of the molecule is Cc1nc(-c2ccc(F)cc2)ccc1C#N. The lowest BCUT2D eigenvalue weighted by Gasteiger charge is -2.03. The summed E-state index contributed by atoms with van der Waals surface area (Å²) in [6.45, 7) is 1.78. The molecular weight excluding hydrogens is 203 g/mol. The van der Waals surface area contributed by atoms with E-state index in [1.165, 1.54) is 12.1 Å². The number of nitrogens with zero attached hydrogens (tertiary/aromatic N) is 2. The van der Waals surface area contributed by atoms with Crippen molar-refractivity contribution < 1.29 is 4.39 Å². The van der Waals surface area contributed by atoms with E-state index in [0.717, 1.165) is 11.3 Å². The monoisotopic (exact) mass is 212 g/mol. The van der Waals surface area contributed by atoms with E-state index in [9.17, 15) is 4.39 Å². The molecule has 2 nitrogen and oxygen atoms in total. The molecular formula is C13H9FN2. The Morgan fingerprint density at radius 1 is 1.12 bits per heavy atom. The van der Waals surface area contributed by atoms with Gasteiger partial charge in [-0.1, -0.05) is 0 Å². The Morgan fingerprint density at radius 2 is 1.81 bits per heavy atom. The van der Waals surface area contributed by atoms with Gasteiger partial charge in [0.1, 0.15) is 11.9 Å². The van der Waals surface area contributed by atoms with Crippen LogP contribution in [0, 0.1) is 24.1 Å². The van der Waals surface area contributed by atoms with E-state index in [0.29, 0.717) is 11.3 Å². The Balaban J connectivity index is 2.46. The molecule has 3 heteroatoms. The van der Waals surface area contributed by atoms with Crippen LogP contribution < -0.4 is 0 Å². The van der Waals surface area contributed by atoms with Crippen molar-refractivity contribution in [1.82, 2.24) is 4.98 Å². The largest absolute Gasteiger partial charge is 0.252 e. The van der Waals surface area contributed by atoms with Gasteiger partial charge in [-0.25, -0.2) is 4.39 Å². The molecule has 0 aliphatic carbocycles. The van der Waals surface area contributed by atoms with Gasteiger partial charge in [-0.2, -0.15) is 5.26 Å². The van der Waals surface area contributed by atoms with Gasteiger partial charge >= 0.3 is 0 Å². The lowest BCUT2D eigenvalue weighted by atomic mass is 10.1. The van der Waals surface area contributed by atoms with Gasteiger partial charge in [-0.3, -0.25) is 4.98 Å². The number of nitriles is 1. The smallest absolute Gasteiger partial charge is 0.123 e. The van der Waals surface area contributed by atoms with E-state index < -0.39 is 0 Å². The molecule has 0 atom stereocenters. The van der Waals surface area contributed by atoms with E-state index in [-0.39, 0.29) is 5.82 Å². The molecule has 78 valence electrons. The molecule has 0 saturated carbocycles. The lowest BCUT2D eigenvalue weighted by molar-refractivity contribution is 0.628. The van der Waals surface area contributed by atoms with Crippen LogP contribution in [0.15, 0.2) is 36.4 Å². The molecule has 0 spiro atoms. The van der Waals surface area contributed by atoms with E-state index >= 15 is 0 Å². The second kappa shape index (κ2) is 4.11. The van der Waals surface area contributed by atoms with Gasteiger partial charge in [-0.05, 0) is 43.3 Å². The molecule has 1 aromatic carbocycles. The van der Waals surface area contributed by atoms with Crippen LogP contribution in [0.5, 0.6) is 0 Å². The Morgan fingerprint density at radius 3 is 2.38 bits per heavy atom. The van der Waals surface area contributed by atoms with Gasteiger partial charge in [0.05, 0.1) is 17.0 Å². The van der Waals surface area contributed by atoms with Crippen molar-refractivity contribution in [2.24, 2.45) is 0 Å². The molecule has 0 N–H and O–H groups in total. The zero-order valence-corrected chi connectivity index (χ0v) is 8.74. The molecule has 0 saturated heterocycles. The molecule has 0 radical (unpaired) electrons. The second-order valence-electron chi connectivity index (χ2n) is 3.45. The minimum atomic E-state index is -0.269. The molecule has 0 aliphatic heterocycles. The van der Waals surface area contributed by atoms with Gasteiger partial charge in [0, 0.05) is 5.56 Å². The number of hydrogen-bond acceptors (Lipinski definition) is 2. The molecule has 0 unspecified atom stereocenters. The first-order valence-corrected chi connectivity index (χ1v) is 4.84. The first-order chi connectivity index (χ1) is 7.70. The normalized spacial score (nSPS) is 9.81. The molecule has 16 heavy (non-hydrogen) atoms. The fourth-order valence-electron chi connectivity index (χ4n) is 1.46. The van der Waals surface area contributed by atoms with Crippen molar-refractivity contribution >= 4 is 0 Å². The van der Waals surface area contributed by atoms with E-state index in [1.54, 1.807) is 31.2 Å². The Kier molecular flexibility index (Phi) is 2.65. The summed E-state index contributed by atoms with van der Waals surface area (Å²) >= 11 is 0. The number of benzene rings is 1. The van der Waals surface area contributed by atoms with Crippen LogP contribution in [0.1, 0.15) is 11.3 Å². The third-order valence-corrected chi connectivity index (χ3v) is 2.35. The Bertz CT molecular complexity index is 553. The predicted octanol–water partition coefficient (Wildman–Crippen LogP) is 3.07. The summed E-state index contributed by atoms with van der Waals surface area (Å²) in [5.41, 5.74) is 2.83. The van der Waals surface area contributed by atoms with Crippen LogP contribution in [-0.2, 0) is 0 Å². The standard InChI is InChI=1S/C13H9FN2/c1-9-11(8-15)4-7-13(16-9)10-2-5-12(14)6-3-10/h2-7H,1H3. The fraction of sp³-hybridized carbons (Fsp3) is 0.0769. The summed E-state index contributed by atoms with van der Waals surface area (Å²) < 4.78 is 12.7. The number of rotatable bonds is 1. The molecule has 0 amide bonds. The molecule has 1 aromatic heterocycles. The summed E-state index contributed by atoms with van der Waals surface area (Å²) in [7, 11) is 0. The van der Waals surface area contributed by atoms with Crippen LogP contribution in [0.2, 0.25) is 0 Å². The van der Waals surface area contributed by atoms with Gasteiger partial charge in [0.2, 0.25) is 0 Å². The van der Waals surface area contributed by atoms with E-state index in [1.807, 2.05) is 0 Å².